The topological polar surface area (TPSA) is 41.9 Å². The summed E-state index contributed by atoms with van der Waals surface area (Å²) in [6, 6.07) is 0. The lowest BCUT2D eigenvalue weighted by atomic mass is 10.0. The molecule has 4 nitrogen and oxygen atoms in total. The zero-order valence-electron chi connectivity index (χ0n) is 17.1. The van der Waals surface area contributed by atoms with E-state index in [0.29, 0.717) is 0 Å². The lowest BCUT2D eigenvalue weighted by Gasteiger charge is -2.18. The SMILES string of the molecule is C=C/C(C(=C)C=CC(NCCCCNC)n1ncc(Br)c1C)=C(C)\C=C/C. The van der Waals surface area contributed by atoms with Crippen LogP contribution in [0.3, 0.4) is 0 Å². The maximum absolute atomic E-state index is 4.51. The Morgan fingerprint density at radius 1 is 1.33 bits per heavy atom. The van der Waals surface area contributed by atoms with Crippen LogP contribution in [0.15, 0.2) is 70.9 Å². The Balaban J connectivity index is 2.97. The van der Waals surface area contributed by atoms with Crippen LogP contribution in [0, 0.1) is 6.92 Å². The highest BCUT2D eigenvalue weighted by Gasteiger charge is 2.12. The third-order valence-corrected chi connectivity index (χ3v) is 5.11. The molecule has 0 aromatic carbocycles. The summed E-state index contributed by atoms with van der Waals surface area (Å²) >= 11 is 3.55. The van der Waals surface area contributed by atoms with Crippen molar-refractivity contribution in [1.82, 2.24) is 20.4 Å². The van der Waals surface area contributed by atoms with Crippen molar-refractivity contribution in [3.8, 4) is 0 Å². The minimum absolute atomic E-state index is 0.0317. The molecule has 2 N–H and O–H groups in total. The number of rotatable bonds is 12. The van der Waals surface area contributed by atoms with Crippen LogP contribution in [0.1, 0.15) is 38.5 Å². The zero-order valence-corrected chi connectivity index (χ0v) is 18.6. The molecule has 0 spiro atoms. The number of nitrogens with zero attached hydrogens (tertiary/aromatic N) is 2. The van der Waals surface area contributed by atoms with Gasteiger partial charge >= 0.3 is 0 Å². The summed E-state index contributed by atoms with van der Waals surface area (Å²) in [6.45, 7) is 16.2. The summed E-state index contributed by atoms with van der Waals surface area (Å²) in [6.07, 6.45) is 14.2. The van der Waals surface area contributed by atoms with Crippen LogP contribution in [0.25, 0.3) is 0 Å². The molecular weight excluding hydrogens is 400 g/mol. The normalized spacial score (nSPS) is 14.0. The van der Waals surface area contributed by atoms with Crippen LogP contribution >= 0.6 is 15.9 Å². The predicted octanol–water partition coefficient (Wildman–Crippen LogP) is 5.23. The predicted molar refractivity (Wildman–Crippen MR) is 121 cm³/mol. The minimum Gasteiger partial charge on any atom is -0.320 e. The van der Waals surface area contributed by atoms with E-state index in [-0.39, 0.29) is 6.17 Å². The summed E-state index contributed by atoms with van der Waals surface area (Å²) in [5, 5.41) is 11.3. The largest absolute Gasteiger partial charge is 0.320 e. The van der Waals surface area contributed by atoms with E-state index in [4.69, 9.17) is 0 Å². The van der Waals surface area contributed by atoms with Gasteiger partial charge in [-0.25, -0.2) is 4.68 Å². The van der Waals surface area contributed by atoms with Crippen LogP contribution in [0.2, 0.25) is 0 Å². The van der Waals surface area contributed by atoms with Gasteiger partial charge in [-0.2, -0.15) is 5.10 Å². The van der Waals surface area contributed by atoms with Gasteiger partial charge in [-0.3, -0.25) is 5.32 Å². The molecule has 0 aliphatic carbocycles. The molecule has 0 radical (unpaired) electrons. The van der Waals surface area contributed by atoms with Gasteiger partial charge in [0.25, 0.3) is 0 Å². The first kappa shape index (κ1) is 23.3. The molecule has 5 heteroatoms. The fraction of sp³-hybridized carbons (Fsp3) is 0.409. The van der Waals surface area contributed by atoms with Gasteiger partial charge in [0.15, 0.2) is 0 Å². The molecule has 0 amide bonds. The van der Waals surface area contributed by atoms with E-state index in [9.17, 15) is 0 Å². The molecule has 1 unspecified atom stereocenters. The molecule has 1 rings (SSSR count). The Hall–Kier alpha value is -1.69. The van der Waals surface area contributed by atoms with Gasteiger partial charge in [0, 0.05) is 0 Å². The average Bonchev–Trinajstić information content (AvgIpc) is 2.97. The minimum atomic E-state index is -0.0317. The second kappa shape index (κ2) is 12.7. The molecule has 1 aromatic rings. The van der Waals surface area contributed by atoms with E-state index in [0.717, 1.165) is 52.8 Å². The molecule has 27 heavy (non-hydrogen) atoms. The third kappa shape index (κ3) is 7.45. The van der Waals surface area contributed by atoms with E-state index in [1.54, 1.807) is 0 Å². The Kier molecular flexibility index (Phi) is 10.9. The van der Waals surface area contributed by atoms with E-state index < -0.39 is 0 Å². The maximum atomic E-state index is 4.51. The fourth-order valence-electron chi connectivity index (χ4n) is 2.78. The van der Waals surface area contributed by atoms with Gasteiger partial charge in [-0.1, -0.05) is 37.5 Å². The first-order valence-corrected chi connectivity index (χ1v) is 10.2. The third-order valence-electron chi connectivity index (χ3n) is 4.33. The summed E-state index contributed by atoms with van der Waals surface area (Å²) in [5.41, 5.74) is 4.22. The molecule has 0 saturated heterocycles. The van der Waals surface area contributed by atoms with Crippen molar-refractivity contribution in [2.24, 2.45) is 0 Å². The smallest absolute Gasteiger partial charge is 0.121 e. The summed E-state index contributed by atoms with van der Waals surface area (Å²) in [7, 11) is 1.98. The van der Waals surface area contributed by atoms with Crippen LogP contribution in [0.5, 0.6) is 0 Å². The number of unbranched alkanes of at least 4 members (excludes halogenated alkanes) is 1. The van der Waals surface area contributed by atoms with Crippen molar-refractivity contribution in [1.29, 1.82) is 0 Å². The van der Waals surface area contributed by atoms with E-state index in [1.807, 2.05) is 43.1 Å². The van der Waals surface area contributed by atoms with Gasteiger partial charge in [0.2, 0.25) is 0 Å². The highest BCUT2D eigenvalue weighted by Crippen LogP contribution is 2.21. The monoisotopic (exact) mass is 432 g/mol. The number of halogens is 1. The molecule has 1 heterocycles. The summed E-state index contributed by atoms with van der Waals surface area (Å²) < 4.78 is 2.99. The molecular formula is C22H33BrN4. The number of hydrogen-bond donors (Lipinski definition) is 2. The van der Waals surface area contributed by atoms with Gasteiger partial charge in [0.05, 0.1) is 16.4 Å². The molecule has 0 saturated carbocycles. The first-order chi connectivity index (χ1) is 13.0. The molecule has 148 valence electrons. The Labute approximate surface area is 172 Å². The molecule has 0 aliphatic heterocycles. The van der Waals surface area contributed by atoms with Crippen LogP contribution in [0.4, 0.5) is 0 Å². The van der Waals surface area contributed by atoms with Crippen molar-refractivity contribution in [3.63, 3.8) is 0 Å². The van der Waals surface area contributed by atoms with E-state index in [1.165, 1.54) is 0 Å². The number of hydrogen-bond acceptors (Lipinski definition) is 3. The number of nitrogens with one attached hydrogen (secondary N) is 2. The zero-order chi connectivity index (χ0) is 20.2. The standard InChI is InChI=1S/C22H33BrN4/c1-7-11-17(3)20(8-2)18(4)12-13-22(25-15-10-9-14-24-6)27-19(5)21(23)16-26-27/h7-8,11-13,16,22,24-25H,2,4,9-10,14-15H2,1,3,5-6H3/b11-7-,13-12?,20-17+. The quantitative estimate of drug-likeness (QED) is 0.350. The van der Waals surface area contributed by atoms with Crippen molar-refractivity contribution in [3.05, 3.63) is 76.6 Å². The Morgan fingerprint density at radius 3 is 2.59 bits per heavy atom. The molecule has 0 bridgehead atoms. The van der Waals surface area contributed by atoms with Crippen molar-refractivity contribution < 1.29 is 0 Å². The van der Waals surface area contributed by atoms with E-state index >= 15 is 0 Å². The van der Waals surface area contributed by atoms with Crippen LogP contribution in [-0.4, -0.2) is 29.9 Å². The molecule has 1 aromatic heterocycles. The van der Waals surface area contributed by atoms with Crippen LogP contribution in [-0.2, 0) is 0 Å². The Bertz CT molecular complexity index is 710. The summed E-state index contributed by atoms with van der Waals surface area (Å²) in [4.78, 5) is 0. The van der Waals surface area contributed by atoms with Crippen molar-refractivity contribution in [2.75, 3.05) is 20.1 Å². The van der Waals surface area contributed by atoms with Crippen molar-refractivity contribution >= 4 is 15.9 Å². The van der Waals surface area contributed by atoms with Gasteiger partial charge in [0.1, 0.15) is 6.17 Å². The lowest BCUT2D eigenvalue weighted by molar-refractivity contribution is 0.426. The molecule has 0 fully saturated rings. The maximum Gasteiger partial charge on any atom is 0.121 e. The van der Waals surface area contributed by atoms with Crippen LogP contribution < -0.4 is 10.6 Å². The number of allylic oxidation sites excluding steroid dienone is 7. The van der Waals surface area contributed by atoms with Gasteiger partial charge < -0.3 is 5.32 Å². The average molecular weight is 433 g/mol. The second-order valence-electron chi connectivity index (χ2n) is 6.42. The lowest BCUT2D eigenvalue weighted by Crippen LogP contribution is -2.28. The number of aromatic nitrogens is 2. The summed E-state index contributed by atoms with van der Waals surface area (Å²) in [5.74, 6) is 0. The van der Waals surface area contributed by atoms with Gasteiger partial charge in [-0.15, -0.1) is 0 Å². The highest BCUT2D eigenvalue weighted by molar-refractivity contribution is 9.10. The first-order valence-electron chi connectivity index (χ1n) is 9.37. The van der Waals surface area contributed by atoms with Gasteiger partial charge in [-0.05, 0) is 92.5 Å². The molecule has 1 atom stereocenters. The molecule has 0 aliphatic rings. The highest BCUT2D eigenvalue weighted by atomic mass is 79.9. The Morgan fingerprint density at radius 2 is 2.04 bits per heavy atom. The van der Waals surface area contributed by atoms with E-state index in [2.05, 4.69) is 70.8 Å². The van der Waals surface area contributed by atoms with Crippen molar-refractivity contribution in [2.45, 2.75) is 39.8 Å². The fourth-order valence-corrected chi connectivity index (χ4v) is 3.05. The second-order valence-corrected chi connectivity index (χ2v) is 7.27.